The molecule has 2 aromatic carbocycles. The molecule has 0 saturated carbocycles. The molecule has 1 atom stereocenters. The van der Waals surface area contributed by atoms with E-state index in [4.69, 9.17) is 5.73 Å². The van der Waals surface area contributed by atoms with Crippen LogP contribution in [0.3, 0.4) is 0 Å². The maximum absolute atomic E-state index is 13.4. The Balaban J connectivity index is 1.89. The van der Waals surface area contributed by atoms with Gasteiger partial charge >= 0.3 is 0 Å². The van der Waals surface area contributed by atoms with Crippen molar-refractivity contribution in [2.75, 3.05) is 0 Å². The van der Waals surface area contributed by atoms with Gasteiger partial charge in [0, 0.05) is 18.9 Å². The molecule has 2 rings (SSSR count). The molecule has 2 aromatic rings. The molecule has 0 radical (unpaired) electrons. The Labute approximate surface area is 132 Å². The van der Waals surface area contributed by atoms with Crippen molar-refractivity contribution in [3.63, 3.8) is 0 Å². The number of carbonyl (C=O) groups excluding carboxylic acids is 1. The molecule has 110 valence electrons. The van der Waals surface area contributed by atoms with Gasteiger partial charge in [-0.25, -0.2) is 4.39 Å². The van der Waals surface area contributed by atoms with Crippen LogP contribution in [-0.4, -0.2) is 5.78 Å². The van der Waals surface area contributed by atoms with Crippen molar-refractivity contribution < 1.29 is 9.18 Å². The highest BCUT2D eigenvalue weighted by Gasteiger charge is 2.12. The minimum atomic E-state index is -0.346. The molecule has 2 nitrogen and oxygen atoms in total. The van der Waals surface area contributed by atoms with Crippen LogP contribution in [0.5, 0.6) is 0 Å². The molecule has 0 aliphatic heterocycles. The first-order valence-corrected chi connectivity index (χ1v) is 7.62. The summed E-state index contributed by atoms with van der Waals surface area (Å²) in [5.74, 6) is -0.283. The number of hydrogen-bond donors (Lipinski definition) is 1. The second-order valence-electron chi connectivity index (χ2n) is 4.98. The van der Waals surface area contributed by atoms with Crippen molar-refractivity contribution in [2.45, 2.75) is 25.3 Å². The molecular formula is C17H17BrFNO. The molecule has 0 fully saturated rings. The molecule has 0 spiro atoms. The second-order valence-corrected chi connectivity index (χ2v) is 5.78. The Morgan fingerprint density at radius 1 is 1.14 bits per heavy atom. The van der Waals surface area contributed by atoms with E-state index in [2.05, 4.69) is 15.9 Å². The van der Waals surface area contributed by atoms with Gasteiger partial charge in [0.05, 0.1) is 4.47 Å². The maximum atomic E-state index is 13.4. The quantitative estimate of drug-likeness (QED) is 0.849. The molecule has 1 unspecified atom stereocenters. The van der Waals surface area contributed by atoms with Crippen LogP contribution in [0, 0.1) is 5.82 Å². The first kappa shape index (κ1) is 15.9. The SMILES string of the molecule is NC(CCC(=O)Cc1cccc(F)c1Br)c1ccccc1. The van der Waals surface area contributed by atoms with Crippen LogP contribution in [0.2, 0.25) is 0 Å². The summed E-state index contributed by atoms with van der Waals surface area (Å²) < 4.78 is 13.8. The lowest BCUT2D eigenvalue weighted by Crippen LogP contribution is -2.13. The van der Waals surface area contributed by atoms with Crippen LogP contribution in [0.25, 0.3) is 0 Å². The summed E-state index contributed by atoms with van der Waals surface area (Å²) in [5.41, 5.74) is 7.77. The third-order valence-electron chi connectivity index (χ3n) is 3.38. The zero-order valence-corrected chi connectivity index (χ0v) is 13.1. The van der Waals surface area contributed by atoms with E-state index < -0.39 is 0 Å². The molecular weight excluding hydrogens is 333 g/mol. The second kappa shape index (κ2) is 7.48. The number of benzene rings is 2. The van der Waals surface area contributed by atoms with E-state index in [9.17, 15) is 9.18 Å². The van der Waals surface area contributed by atoms with Crippen LogP contribution < -0.4 is 5.73 Å². The minimum absolute atomic E-state index is 0.0627. The number of nitrogens with two attached hydrogens (primary N) is 1. The van der Waals surface area contributed by atoms with Crippen LogP contribution in [-0.2, 0) is 11.2 Å². The molecule has 0 aliphatic carbocycles. The molecule has 0 amide bonds. The minimum Gasteiger partial charge on any atom is -0.324 e. The molecule has 2 N–H and O–H groups in total. The van der Waals surface area contributed by atoms with E-state index in [1.54, 1.807) is 12.1 Å². The fraction of sp³-hybridized carbons (Fsp3) is 0.235. The molecule has 4 heteroatoms. The zero-order chi connectivity index (χ0) is 15.2. The topological polar surface area (TPSA) is 43.1 Å². The molecule has 0 bridgehead atoms. The average Bonchev–Trinajstić information content (AvgIpc) is 2.50. The maximum Gasteiger partial charge on any atom is 0.137 e. The highest BCUT2D eigenvalue weighted by molar-refractivity contribution is 9.10. The van der Waals surface area contributed by atoms with Gasteiger partial charge in [-0.1, -0.05) is 42.5 Å². The average molecular weight is 350 g/mol. The Morgan fingerprint density at radius 3 is 2.57 bits per heavy atom. The van der Waals surface area contributed by atoms with Crippen LogP contribution >= 0.6 is 15.9 Å². The summed E-state index contributed by atoms with van der Waals surface area (Å²) in [6, 6.07) is 14.3. The van der Waals surface area contributed by atoms with Crippen LogP contribution in [0.15, 0.2) is 53.0 Å². The number of halogens is 2. The molecule has 21 heavy (non-hydrogen) atoms. The van der Waals surface area contributed by atoms with Crippen molar-refractivity contribution in [1.29, 1.82) is 0 Å². The van der Waals surface area contributed by atoms with Gasteiger partial charge in [0.15, 0.2) is 0 Å². The Morgan fingerprint density at radius 2 is 1.86 bits per heavy atom. The normalized spacial score (nSPS) is 12.1. The number of ketones is 1. The summed E-state index contributed by atoms with van der Waals surface area (Å²) in [5, 5.41) is 0. The number of hydrogen-bond acceptors (Lipinski definition) is 2. The van der Waals surface area contributed by atoms with Crippen molar-refractivity contribution >= 4 is 21.7 Å². The predicted molar refractivity (Wildman–Crippen MR) is 85.4 cm³/mol. The van der Waals surface area contributed by atoms with Gasteiger partial charge in [-0.2, -0.15) is 0 Å². The smallest absolute Gasteiger partial charge is 0.137 e. The fourth-order valence-corrected chi connectivity index (χ4v) is 2.57. The number of Topliss-reactive ketones (excluding diaryl/α,β-unsaturated/α-hetero) is 1. The Bertz CT molecular complexity index is 615. The monoisotopic (exact) mass is 349 g/mol. The number of carbonyl (C=O) groups is 1. The first-order chi connectivity index (χ1) is 10.1. The van der Waals surface area contributed by atoms with Crippen molar-refractivity contribution in [3.8, 4) is 0 Å². The molecule has 0 aromatic heterocycles. The van der Waals surface area contributed by atoms with Gasteiger partial charge in [-0.05, 0) is 39.5 Å². The standard InChI is InChI=1S/C17H17BrFNO/c18-17-13(7-4-8-15(17)19)11-14(21)9-10-16(20)12-5-2-1-3-6-12/h1-8,16H,9-11,20H2. The van der Waals surface area contributed by atoms with E-state index in [1.165, 1.54) is 6.07 Å². The highest BCUT2D eigenvalue weighted by atomic mass is 79.9. The summed E-state index contributed by atoms with van der Waals surface area (Å²) in [4.78, 5) is 12.0. The predicted octanol–water partition coefficient (Wildman–Crippen LogP) is 4.18. The zero-order valence-electron chi connectivity index (χ0n) is 11.6. The first-order valence-electron chi connectivity index (χ1n) is 6.83. The van der Waals surface area contributed by atoms with Crippen molar-refractivity contribution in [1.82, 2.24) is 0 Å². The Kier molecular flexibility index (Phi) is 5.65. The summed E-state index contributed by atoms with van der Waals surface area (Å²) in [7, 11) is 0. The lowest BCUT2D eigenvalue weighted by Gasteiger charge is -2.11. The van der Waals surface area contributed by atoms with Gasteiger partial charge in [0.2, 0.25) is 0 Å². The summed E-state index contributed by atoms with van der Waals surface area (Å²) >= 11 is 3.17. The lowest BCUT2D eigenvalue weighted by molar-refractivity contribution is -0.118. The fourth-order valence-electron chi connectivity index (χ4n) is 2.17. The van der Waals surface area contributed by atoms with E-state index in [-0.39, 0.29) is 24.1 Å². The summed E-state index contributed by atoms with van der Waals surface area (Å²) in [6.45, 7) is 0. The van der Waals surface area contributed by atoms with E-state index in [0.717, 1.165) is 5.56 Å². The van der Waals surface area contributed by atoms with Gasteiger partial charge in [-0.15, -0.1) is 0 Å². The molecule has 0 heterocycles. The van der Waals surface area contributed by atoms with E-state index in [1.807, 2.05) is 30.3 Å². The van der Waals surface area contributed by atoms with E-state index >= 15 is 0 Å². The lowest BCUT2D eigenvalue weighted by atomic mass is 9.99. The van der Waals surface area contributed by atoms with Crippen molar-refractivity contribution in [3.05, 3.63) is 69.9 Å². The molecule has 0 aliphatic rings. The highest BCUT2D eigenvalue weighted by Crippen LogP contribution is 2.22. The van der Waals surface area contributed by atoms with Gasteiger partial charge in [-0.3, -0.25) is 4.79 Å². The van der Waals surface area contributed by atoms with Gasteiger partial charge in [0.25, 0.3) is 0 Å². The van der Waals surface area contributed by atoms with Gasteiger partial charge < -0.3 is 5.73 Å². The largest absolute Gasteiger partial charge is 0.324 e. The third-order valence-corrected chi connectivity index (χ3v) is 4.27. The van der Waals surface area contributed by atoms with Crippen LogP contribution in [0.4, 0.5) is 4.39 Å². The van der Waals surface area contributed by atoms with Gasteiger partial charge in [0.1, 0.15) is 11.6 Å². The Hall–Kier alpha value is -1.52. The summed E-state index contributed by atoms with van der Waals surface area (Å²) in [6.07, 6.45) is 1.20. The number of rotatable bonds is 6. The van der Waals surface area contributed by atoms with Crippen LogP contribution in [0.1, 0.15) is 30.0 Å². The van der Waals surface area contributed by atoms with E-state index in [0.29, 0.717) is 22.9 Å². The van der Waals surface area contributed by atoms with Crippen molar-refractivity contribution in [2.24, 2.45) is 5.73 Å². The third kappa shape index (κ3) is 4.48. The molecule has 0 saturated heterocycles.